The van der Waals surface area contributed by atoms with Crippen LogP contribution in [0.4, 0.5) is 13.2 Å². The number of hydrogen-bond donors (Lipinski definition) is 1. The molecule has 5 nitrogen and oxygen atoms in total. The maximum Gasteiger partial charge on any atom is 0.416 e. The van der Waals surface area contributed by atoms with Crippen molar-refractivity contribution in [2.45, 2.75) is 37.3 Å². The molecule has 8 heteroatoms. The fraction of sp³-hybridized carbons (Fsp3) is 0.353. The van der Waals surface area contributed by atoms with Crippen LogP contribution in [-0.4, -0.2) is 21.2 Å². The van der Waals surface area contributed by atoms with E-state index in [2.05, 4.69) is 16.7 Å². The first-order valence-corrected chi connectivity index (χ1v) is 7.59. The van der Waals surface area contributed by atoms with Crippen LogP contribution in [-0.2, 0) is 16.4 Å². The second-order valence-corrected chi connectivity index (χ2v) is 6.17. The minimum atomic E-state index is -4.39. The van der Waals surface area contributed by atoms with Gasteiger partial charge in [-0.05, 0) is 37.5 Å². The lowest BCUT2D eigenvalue weighted by molar-refractivity contribution is -0.137. The lowest BCUT2D eigenvalue weighted by Gasteiger charge is -2.13. The number of aromatic nitrogens is 2. The molecule has 1 aromatic carbocycles. The summed E-state index contributed by atoms with van der Waals surface area (Å²) < 4.78 is 43.2. The van der Waals surface area contributed by atoms with Crippen molar-refractivity contribution in [1.29, 1.82) is 0 Å². The zero-order chi connectivity index (χ0) is 18.4. The number of benzene rings is 1. The highest BCUT2D eigenvalue weighted by Gasteiger charge is 2.50. The second kappa shape index (κ2) is 5.72. The molecule has 0 saturated heterocycles. The molecule has 1 aromatic heterocycles. The summed E-state index contributed by atoms with van der Waals surface area (Å²) in [6.45, 7) is 5.06. The summed E-state index contributed by atoms with van der Waals surface area (Å²) in [6.07, 6.45) is -3.02. The van der Waals surface area contributed by atoms with E-state index in [4.69, 9.17) is 9.63 Å². The Morgan fingerprint density at radius 2 is 1.92 bits per heavy atom. The molecule has 0 radical (unpaired) electrons. The molecule has 1 saturated carbocycles. The van der Waals surface area contributed by atoms with E-state index in [-0.39, 0.29) is 11.5 Å². The molecule has 3 rings (SSSR count). The molecule has 1 aliphatic carbocycles. The zero-order valence-corrected chi connectivity index (χ0v) is 13.3. The molecule has 132 valence electrons. The Hall–Kier alpha value is -2.64. The molecule has 0 aliphatic heterocycles. The van der Waals surface area contributed by atoms with Crippen LogP contribution in [0.15, 0.2) is 40.9 Å². The minimum Gasteiger partial charge on any atom is -0.478 e. The van der Waals surface area contributed by atoms with Crippen molar-refractivity contribution in [3.63, 3.8) is 0 Å². The average Bonchev–Trinajstić information content (AvgIpc) is 3.22. The van der Waals surface area contributed by atoms with Crippen molar-refractivity contribution >= 4 is 5.97 Å². The Labute approximate surface area is 141 Å². The maximum atomic E-state index is 12.7. The maximum absolute atomic E-state index is 12.7. The Morgan fingerprint density at radius 1 is 1.32 bits per heavy atom. The van der Waals surface area contributed by atoms with Gasteiger partial charge in [-0.1, -0.05) is 23.9 Å². The van der Waals surface area contributed by atoms with Crippen LogP contribution in [0.5, 0.6) is 0 Å². The fourth-order valence-corrected chi connectivity index (χ4v) is 2.68. The van der Waals surface area contributed by atoms with E-state index >= 15 is 0 Å². The molecular weight excluding hydrogens is 337 g/mol. The van der Waals surface area contributed by atoms with Gasteiger partial charge in [-0.15, -0.1) is 0 Å². The van der Waals surface area contributed by atoms with Crippen molar-refractivity contribution in [2.24, 2.45) is 0 Å². The van der Waals surface area contributed by atoms with Crippen molar-refractivity contribution in [1.82, 2.24) is 10.1 Å². The van der Waals surface area contributed by atoms with Gasteiger partial charge in [0.15, 0.2) is 5.82 Å². The monoisotopic (exact) mass is 352 g/mol. The van der Waals surface area contributed by atoms with Gasteiger partial charge in [-0.2, -0.15) is 18.2 Å². The Morgan fingerprint density at radius 3 is 2.40 bits per heavy atom. The average molecular weight is 352 g/mol. The van der Waals surface area contributed by atoms with Crippen LogP contribution in [0.3, 0.4) is 0 Å². The first kappa shape index (κ1) is 17.2. The van der Waals surface area contributed by atoms with Crippen LogP contribution in [0.1, 0.15) is 48.5 Å². The normalized spacial score (nSPS) is 17.1. The van der Waals surface area contributed by atoms with Gasteiger partial charge in [0.05, 0.1) is 16.9 Å². The number of alkyl halides is 3. The first-order valence-electron chi connectivity index (χ1n) is 7.59. The third-order valence-corrected chi connectivity index (χ3v) is 4.55. The second-order valence-electron chi connectivity index (χ2n) is 6.17. The summed E-state index contributed by atoms with van der Waals surface area (Å²) in [5, 5.41) is 12.9. The Balaban J connectivity index is 1.87. The molecule has 1 unspecified atom stereocenters. The summed E-state index contributed by atoms with van der Waals surface area (Å²) in [5.74, 6) is -1.33. The summed E-state index contributed by atoms with van der Waals surface area (Å²) >= 11 is 0. The third-order valence-electron chi connectivity index (χ3n) is 4.55. The van der Waals surface area contributed by atoms with Crippen molar-refractivity contribution in [2.75, 3.05) is 0 Å². The smallest absolute Gasteiger partial charge is 0.416 e. The Bertz CT molecular complexity index is 820. The molecule has 1 atom stereocenters. The number of aliphatic carboxylic acids is 1. The summed E-state index contributed by atoms with van der Waals surface area (Å²) in [4.78, 5) is 15.3. The predicted octanol–water partition coefficient (Wildman–Crippen LogP) is 3.91. The van der Waals surface area contributed by atoms with E-state index in [0.29, 0.717) is 24.2 Å². The van der Waals surface area contributed by atoms with E-state index in [1.807, 2.05) is 0 Å². The highest BCUT2D eigenvalue weighted by atomic mass is 19.4. The summed E-state index contributed by atoms with van der Waals surface area (Å²) in [6, 6.07) is 4.91. The molecule has 0 bridgehead atoms. The molecule has 25 heavy (non-hydrogen) atoms. The Kier molecular flexibility index (Phi) is 3.93. The van der Waals surface area contributed by atoms with E-state index in [9.17, 15) is 18.0 Å². The van der Waals surface area contributed by atoms with Gasteiger partial charge in [-0.25, -0.2) is 4.79 Å². The van der Waals surface area contributed by atoms with E-state index in [1.165, 1.54) is 12.1 Å². The van der Waals surface area contributed by atoms with Gasteiger partial charge in [0.2, 0.25) is 5.89 Å². The van der Waals surface area contributed by atoms with Crippen LogP contribution < -0.4 is 0 Å². The number of hydrogen-bond acceptors (Lipinski definition) is 4. The summed E-state index contributed by atoms with van der Waals surface area (Å²) in [7, 11) is 0. The van der Waals surface area contributed by atoms with Gasteiger partial charge < -0.3 is 9.63 Å². The third kappa shape index (κ3) is 3.04. The highest BCUT2D eigenvalue weighted by Crippen LogP contribution is 2.52. The van der Waals surface area contributed by atoms with Crippen LogP contribution >= 0.6 is 0 Å². The largest absolute Gasteiger partial charge is 0.478 e. The van der Waals surface area contributed by atoms with E-state index < -0.39 is 29.0 Å². The minimum absolute atomic E-state index is 0.0745. The standard InChI is InChI=1S/C17H15F3N2O3/c1-9(10(2)14(23)24)13-21-15(22-25-13)16(7-8-16)11-3-5-12(6-4-11)17(18,19)20/h3-6,9H,2,7-8H2,1H3,(H,23,24). The molecule has 0 amide bonds. The quantitative estimate of drug-likeness (QED) is 0.826. The van der Waals surface area contributed by atoms with Gasteiger partial charge in [0, 0.05) is 5.57 Å². The fourth-order valence-electron chi connectivity index (χ4n) is 2.68. The van der Waals surface area contributed by atoms with E-state index in [0.717, 1.165) is 12.1 Å². The van der Waals surface area contributed by atoms with Crippen molar-refractivity contribution in [3.8, 4) is 0 Å². The van der Waals surface area contributed by atoms with Gasteiger partial charge in [0.25, 0.3) is 0 Å². The van der Waals surface area contributed by atoms with Gasteiger partial charge >= 0.3 is 12.1 Å². The van der Waals surface area contributed by atoms with Crippen molar-refractivity contribution < 1.29 is 27.6 Å². The molecule has 1 aliphatic rings. The van der Waals surface area contributed by atoms with Gasteiger partial charge in [-0.3, -0.25) is 0 Å². The SMILES string of the molecule is C=C(C(=O)O)C(C)c1nc(C2(c3ccc(C(F)(F)F)cc3)CC2)no1. The van der Waals surface area contributed by atoms with E-state index in [1.54, 1.807) is 6.92 Å². The summed E-state index contributed by atoms with van der Waals surface area (Å²) in [5.41, 5.74) is -0.685. The number of halogens is 3. The lowest BCUT2D eigenvalue weighted by Crippen LogP contribution is -2.13. The molecule has 0 spiro atoms. The molecule has 1 heterocycles. The van der Waals surface area contributed by atoms with Crippen LogP contribution in [0.25, 0.3) is 0 Å². The topological polar surface area (TPSA) is 76.2 Å². The predicted molar refractivity (Wildman–Crippen MR) is 80.9 cm³/mol. The lowest BCUT2D eigenvalue weighted by atomic mass is 9.94. The van der Waals surface area contributed by atoms with Crippen molar-refractivity contribution in [3.05, 3.63) is 59.3 Å². The molecule has 1 fully saturated rings. The molecule has 1 N–H and O–H groups in total. The number of rotatable bonds is 5. The zero-order valence-electron chi connectivity index (χ0n) is 13.3. The number of nitrogens with zero attached hydrogens (tertiary/aromatic N) is 2. The number of carboxylic acid groups (broad SMARTS) is 1. The molecule has 2 aromatic rings. The van der Waals surface area contributed by atoms with Gasteiger partial charge in [0.1, 0.15) is 0 Å². The molecular formula is C17H15F3N2O3. The van der Waals surface area contributed by atoms with Crippen LogP contribution in [0, 0.1) is 0 Å². The highest BCUT2D eigenvalue weighted by molar-refractivity contribution is 5.87. The number of carboxylic acids is 1. The first-order chi connectivity index (χ1) is 11.6. The number of carbonyl (C=O) groups is 1. The van der Waals surface area contributed by atoms with Crippen LogP contribution in [0.2, 0.25) is 0 Å².